The van der Waals surface area contributed by atoms with E-state index in [1.54, 1.807) is 12.1 Å². The summed E-state index contributed by atoms with van der Waals surface area (Å²) in [5.74, 6) is -1.07. The summed E-state index contributed by atoms with van der Waals surface area (Å²) in [6.45, 7) is 2.46. The third-order valence-electron chi connectivity index (χ3n) is 2.66. The van der Waals surface area contributed by atoms with Crippen molar-refractivity contribution in [3.63, 3.8) is 0 Å². The van der Waals surface area contributed by atoms with Gasteiger partial charge in [-0.1, -0.05) is 31.9 Å². The van der Waals surface area contributed by atoms with Gasteiger partial charge in [-0.2, -0.15) is 0 Å². The van der Waals surface area contributed by atoms with Gasteiger partial charge in [0, 0.05) is 12.6 Å². The molecule has 0 saturated carbocycles. The van der Waals surface area contributed by atoms with Gasteiger partial charge in [0.2, 0.25) is 10.0 Å². The highest BCUT2D eigenvalue weighted by Crippen LogP contribution is 2.12. The van der Waals surface area contributed by atoms with Crippen molar-refractivity contribution in [1.82, 2.24) is 4.72 Å². The Balaban J connectivity index is 2.79. The second kappa shape index (κ2) is 7.81. The maximum Gasteiger partial charge on any atom is 0.328 e. The highest BCUT2D eigenvalue weighted by Gasteiger charge is 2.12. The second-order valence-electron chi connectivity index (χ2n) is 4.35. The number of nitrogens with one attached hydrogen (secondary N) is 1. The van der Waals surface area contributed by atoms with Crippen molar-refractivity contribution in [1.29, 1.82) is 0 Å². The first-order chi connectivity index (χ1) is 9.45. The lowest BCUT2D eigenvalue weighted by Gasteiger charge is -2.07. The van der Waals surface area contributed by atoms with E-state index in [1.165, 1.54) is 18.2 Å². The standard InChI is InChI=1S/C14H19NO4S/c1-2-3-4-10-15-20(18,19)13-7-5-6-12(11-13)8-9-14(16)17/h5-9,11,15H,2-4,10H2,1H3,(H,16,17). The Morgan fingerprint density at radius 1 is 1.35 bits per heavy atom. The number of carboxylic acid groups (broad SMARTS) is 1. The van der Waals surface area contributed by atoms with Gasteiger partial charge in [0.15, 0.2) is 0 Å². The van der Waals surface area contributed by atoms with Crippen molar-refractivity contribution < 1.29 is 18.3 Å². The monoisotopic (exact) mass is 297 g/mol. The molecule has 0 atom stereocenters. The summed E-state index contributed by atoms with van der Waals surface area (Å²) in [6, 6.07) is 6.17. The molecular weight excluding hydrogens is 278 g/mol. The van der Waals surface area contributed by atoms with Gasteiger partial charge in [-0.15, -0.1) is 0 Å². The first-order valence-electron chi connectivity index (χ1n) is 6.46. The van der Waals surface area contributed by atoms with Crippen LogP contribution in [0.15, 0.2) is 35.2 Å². The molecule has 20 heavy (non-hydrogen) atoms. The maximum atomic E-state index is 12.0. The van der Waals surface area contributed by atoms with Crippen molar-refractivity contribution in [3.8, 4) is 0 Å². The zero-order chi connectivity index (χ0) is 15.0. The number of sulfonamides is 1. The Morgan fingerprint density at radius 2 is 2.10 bits per heavy atom. The Kier molecular flexibility index (Phi) is 6.41. The summed E-state index contributed by atoms with van der Waals surface area (Å²) in [4.78, 5) is 10.6. The summed E-state index contributed by atoms with van der Waals surface area (Å²) >= 11 is 0. The molecule has 110 valence electrons. The van der Waals surface area contributed by atoms with Gasteiger partial charge in [-0.3, -0.25) is 0 Å². The van der Waals surface area contributed by atoms with Crippen LogP contribution in [-0.4, -0.2) is 26.0 Å². The van der Waals surface area contributed by atoms with Crippen LogP contribution >= 0.6 is 0 Å². The van der Waals surface area contributed by atoms with Gasteiger partial charge >= 0.3 is 5.97 Å². The molecule has 0 bridgehead atoms. The number of hydrogen-bond acceptors (Lipinski definition) is 3. The first kappa shape index (κ1) is 16.4. The fraction of sp³-hybridized carbons (Fsp3) is 0.357. The summed E-state index contributed by atoms with van der Waals surface area (Å²) in [7, 11) is -3.53. The molecule has 0 aliphatic heterocycles. The first-order valence-corrected chi connectivity index (χ1v) is 7.95. The van der Waals surface area contributed by atoms with Crippen LogP contribution in [0.25, 0.3) is 6.08 Å². The molecule has 0 aliphatic carbocycles. The topological polar surface area (TPSA) is 83.5 Å². The van der Waals surface area contributed by atoms with Gasteiger partial charge < -0.3 is 5.11 Å². The molecule has 0 amide bonds. The van der Waals surface area contributed by atoms with E-state index in [-0.39, 0.29) is 4.90 Å². The highest BCUT2D eigenvalue weighted by atomic mass is 32.2. The number of hydrogen-bond donors (Lipinski definition) is 2. The zero-order valence-corrected chi connectivity index (χ0v) is 12.2. The molecule has 1 rings (SSSR count). The molecule has 0 radical (unpaired) electrons. The Bertz CT molecular complexity index is 579. The van der Waals surface area contributed by atoms with Crippen molar-refractivity contribution in [2.45, 2.75) is 31.1 Å². The average Bonchev–Trinajstić information content (AvgIpc) is 2.42. The van der Waals surface area contributed by atoms with Crippen molar-refractivity contribution in [2.75, 3.05) is 6.54 Å². The molecule has 0 aliphatic rings. The van der Waals surface area contributed by atoms with Crippen LogP contribution in [0.4, 0.5) is 0 Å². The fourth-order valence-corrected chi connectivity index (χ4v) is 2.75. The molecular formula is C14H19NO4S. The van der Waals surface area contributed by atoms with Crippen molar-refractivity contribution in [2.24, 2.45) is 0 Å². The minimum Gasteiger partial charge on any atom is -0.478 e. The van der Waals surface area contributed by atoms with Crippen LogP contribution in [0.1, 0.15) is 31.7 Å². The third kappa shape index (κ3) is 5.54. The number of rotatable bonds is 8. The predicted octanol–water partition coefficient (Wildman–Crippen LogP) is 2.25. The summed E-state index contributed by atoms with van der Waals surface area (Å²) in [5, 5.41) is 8.55. The Hall–Kier alpha value is -1.66. The van der Waals surface area contributed by atoms with Crippen LogP contribution in [0.5, 0.6) is 0 Å². The third-order valence-corrected chi connectivity index (χ3v) is 4.12. The van der Waals surface area contributed by atoms with E-state index in [0.29, 0.717) is 12.1 Å². The fourth-order valence-electron chi connectivity index (χ4n) is 1.62. The van der Waals surface area contributed by atoms with Gasteiger partial charge in [0.05, 0.1) is 4.90 Å². The van der Waals surface area contributed by atoms with E-state index in [2.05, 4.69) is 4.72 Å². The minimum absolute atomic E-state index is 0.140. The van der Waals surface area contributed by atoms with Gasteiger partial charge in [0.25, 0.3) is 0 Å². The van der Waals surface area contributed by atoms with Crippen LogP contribution in [0.3, 0.4) is 0 Å². The average molecular weight is 297 g/mol. The van der Waals surface area contributed by atoms with Gasteiger partial charge in [-0.25, -0.2) is 17.9 Å². The maximum absolute atomic E-state index is 12.0. The zero-order valence-electron chi connectivity index (χ0n) is 11.4. The number of unbranched alkanes of at least 4 members (excludes halogenated alkanes) is 2. The van der Waals surface area contributed by atoms with Gasteiger partial charge in [0.1, 0.15) is 0 Å². The molecule has 2 N–H and O–H groups in total. The lowest BCUT2D eigenvalue weighted by Crippen LogP contribution is -2.24. The predicted molar refractivity (Wildman–Crippen MR) is 77.8 cm³/mol. The summed E-state index contributed by atoms with van der Waals surface area (Å²) in [6.07, 6.45) is 5.13. The van der Waals surface area contributed by atoms with E-state index < -0.39 is 16.0 Å². The van der Waals surface area contributed by atoms with E-state index in [9.17, 15) is 13.2 Å². The van der Waals surface area contributed by atoms with Crippen LogP contribution in [0.2, 0.25) is 0 Å². The summed E-state index contributed by atoms with van der Waals surface area (Å²) in [5.41, 5.74) is 0.531. The quantitative estimate of drug-likeness (QED) is 0.569. The molecule has 0 spiro atoms. The smallest absolute Gasteiger partial charge is 0.328 e. The molecule has 5 nitrogen and oxygen atoms in total. The highest BCUT2D eigenvalue weighted by molar-refractivity contribution is 7.89. The molecule has 1 aromatic rings. The normalized spacial score (nSPS) is 11.8. The second-order valence-corrected chi connectivity index (χ2v) is 6.12. The molecule has 0 saturated heterocycles. The molecule has 0 heterocycles. The van der Waals surface area contributed by atoms with E-state index in [0.717, 1.165) is 25.3 Å². The Morgan fingerprint density at radius 3 is 2.75 bits per heavy atom. The van der Waals surface area contributed by atoms with E-state index in [4.69, 9.17) is 5.11 Å². The number of aliphatic carboxylic acids is 1. The van der Waals surface area contributed by atoms with Crippen molar-refractivity contribution >= 4 is 22.1 Å². The Labute approximate surface area is 119 Å². The van der Waals surface area contributed by atoms with E-state index >= 15 is 0 Å². The van der Waals surface area contributed by atoms with E-state index in [1.807, 2.05) is 6.92 Å². The number of benzene rings is 1. The van der Waals surface area contributed by atoms with Gasteiger partial charge in [-0.05, 0) is 30.2 Å². The molecule has 0 fully saturated rings. The van der Waals surface area contributed by atoms with Crippen LogP contribution < -0.4 is 4.72 Å². The minimum atomic E-state index is -3.53. The number of carboxylic acids is 1. The van der Waals surface area contributed by atoms with Crippen LogP contribution in [-0.2, 0) is 14.8 Å². The molecule has 0 unspecified atom stereocenters. The lowest BCUT2D eigenvalue weighted by atomic mass is 10.2. The largest absolute Gasteiger partial charge is 0.478 e. The number of carbonyl (C=O) groups is 1. The molecule has 6 heteroatoms. The molecule has 1 aromatic carbocycles. The lowest BCUT2D eigenvalue weighted by molar-refractivity contribution is -0.131. The summed E-state index contributed by atoms with van der Waals surface area (Å²) < 4.78 is 26.6. The van der Waals surface area contributed by atoms with Crippen molar-refractivity contribution in [3.05, 3.63) is 35.9 Å². The molecule has 0 aromatic heterocycles. The SMILES string of the molecule is CCCCCNS(=O)(=O)c1cccc(C=CC(=O)O)c1. The van der Waals surface area contributed by atoms with Crippen LogP contribution in [0, 0.1) is 0 Å².